The third kappa shape index (κ3) is 1.39. The number of hydrogen-bond acceptors (Lipinski definition) is 0. The molecule has 0 heteroatoms. The first-order valence-corrected chi connectivity index (χ1v) is 5.29. The second-order valence-corrected chi connectivity index (χ2v) is 3.85. The molecule has 0 nitrogen and oxygen atoms in total. The van der Waals surface area contributed by atoms with E-state index in [0.717, 1.165) is 6.42 Å². The van der Waals surface area contributed by atoms with Crippen LogP contribution in [0, 0.1) is 0 Å². The molecule has 1 aliphatic rings. The molecule has 0 N–H and O–H groups in total. The minimum atomic E-state index is 1.06. The Morgan fingerprint density at radius 1 is 0.867 bits per heavy atom. The maximum atomic E-state index is 2.21. The number of fused-ring (bicyclic) bond motifs is 1. The Labute approximate surface area is 89.6 Å². The van der Waals surface area contributed by atoms with Gasteiger partial charge in [0.25, 0.3) is 0 Å². The van der Waals surface area contributed by atoms with Gasteiger partial charge in [-0.05, 0) is 28.3 Å². The zero-order valence-corrected chi connectivity index (χ0v) is 8.48. The Kier molecular flexibility index (Phi) is 1.92. The van der Waals surface area contributed by atoms with Gasteiger partial charge in [0.05, 0.1) is 0 Å². The lowest BCUT2D eigenvalue weighted by Crippen LogP contribution is -1.83. The fourth-order valence-electron chi connectivity index (χ4n) is 2.15. The molecule has 72 valence electrons. The summed E-state index contributed by atoms with van der Waals surface area (Å²) in [6.07, 6.45) is 7.62. The van der Waals surface area contributed by atoms with E-state index in [4.69, 9.17) is 0 Å². The van der Waals surface area contributed by atoms with E-state index >= 15 is 0 Å². The fraction of sp³-hybridized carbons (Fsp3) is 0.0667. The highest BCUT2D eigenvalue weighted by atomic mass is 14.1. The topological polar surface area (TPSA) is 0 Å². The number of allylic oxidation sites excluding steroid dienone is 4. The molecule has 0 atom stereocenters. The fourth-order valence-corrected chi connectivity index (χ4v) is 2.15. The Hall–Kier alpha value is -1.82. The molecule has 0 spiro atoms. The average Bonchev–Trinajstić information content (AvgIpc) is 2.82. The number of rotatable bonds is 1. The van der Waals surface area contributed by atoms with Gasteiger partial charge in [-0.1, -0.05) is 60.7 Å². The summed E-state index contributed by atoms with van der Waals surface area (Å²) in [6.45, 7) is 0. The Morgan fingerprint density at radius 3 is 2.60 bits per heavy atom. The van der Waals surface area contributed by atoms with Crippen LogP contribution in [0.1, 0.15) is 12.0 Å². The molecule has 0 saturated carbocycles. The van der Waals surface area contributed by atoms with Crippen molar-refractivity contribution in [1.82, 2.24) is 0 Å². The van der Waals surface area contributed by atoms with Crippen LogP contribution in [0.4, 0.5) is 0 Å². The lowest BCUT2D eigenvalue weighted by molar-refractivity contribution is 1.45. The molecule has 0 unspecified atom stereocenters. The lowest BCUT2D eigenvalue weighted by atomic mass is 9.98. The quantitative estimate of drug-likeness (QED) is 0.635. The first-order valence-electron chi connectivity index (χ1n) is 5.29. The van der Waals surface area contributed by atoms with Crippen LogP contribution in [0.25, 0.3) is 16.3 Å². The molecular formula is C15H12. The Balaban J connectivity index is 2.26. The smallest absolute Gasteiger partial charge is 0.00882 e. The van der Waals surface area contributed by atoms with E-state index in [0.29, 0.717) is 0 Å². The van der Waals surface area contributed by atoms with Gasteiger partial charge in [-0.25, -0.2) is 0 Å². The SMILES string of the molecule is C1=CCC(c2cccc3ccccc23)=C1. The molecule has 2 aromatic carbocycles. The molecule has 1 aliphatic carbocycles. The summed E-state index contributed by atoms with van der Waals surface area (Å²) in [4.78, 5) is 0. The summed E-state index contributed by atoms with van der Waals surface area (Å²) >= 11 is 0. The summed E-state index contributed by atoms with van der Waals surface area (Å²) in [7, 11) is 0. The molecular weight excluding hydrogens is 180 g/mol. The second-order valence-electron chi connectivity index (χ2n) is 3.85. The largest absolute Gasteiger partial charge is 0.0801 e. The lowest BCUT2D eigenvalue weighted by Gasteiger charge is -2.06. The van der Waals surface area contributed by atoms with E-state index in [1.807, 2.05) is 0 Å². The van der Waals surface area contributed by atoms with Crippen LogP contribution >= 0.6 is 0 Å². The molecule has 0 saturated heterocycles. The number of hydrogen-bond donors (Lipinski definition) is 0. The van der Waals surface area contributed by atoms with E-state index in [1.54, 1.807) is 0 Å². The van der Waals surface area contributed by atoms with Crippen molar-refractivity contribution in [3.05, 3.63) is 66.3 Å². The third-order valence-corrected chi connectivity index (χ3v) is 2.91. The van der Waals surface area contributed by atoms with Crippen molar-refractivity contribution in [1.29, 1.82) is 0 Å². The van der Waals surface area contributed by atoms with Crippen molar-refractivity contribution in [3.8, 4) is 0 Å². The van der Waals surface area contributed by atoms with Gasteiger partial charge < -0.3 is 0 Å². The number of benzene rings is 2. The molecule has 15 heavy (non-hydrogen) atoms. The molecule has 0 aliphatic heterocycles. The third-order valence-electron chi connectivity index (χ3n) is 2.91. The molecule has 0 amide bonds. The van der Waals surface area contributed by atoms with Crippen LogP contribution in [0.5, 0.6) is 0 Å². The summed E-state index contributed by atoms with van der Waals surface area (Å²) in [5.41, 5.74) is 2.80. The summed E-state index contributed by atoms with van der Waals surface area (Å²) in [6, 6.07) is 15.1. The van der Waals surface area contributed by atoms with Gasteiger partial charge in [0.2, 0.25) is 0 Å². The van der Waals surface area contributed by atoms with E-state index in [-0.39, 0.29) is 0 Å². The summed E-state index contributed by atoms with van der Waals surface area (Å²) in [5.74, 6) is 0. The average molecular weight is 192 g/mol. The summed E-state index contributed by atoms with van der Waals surface area (Å²) in [5, 5.41) is 2.68. The maximum absolute atomic E-state index is 2.21. The van der Waals surface area contributed by atoms with Crippen molar-refractivity contribution in [2.75, 3.05) is 0 Å². The van der Waals surface area contributed by atoms with Gasteiger partial charge >= 0.3 is 0 Å². The van der Waals surface area contributed by atoms with Gasteiger partial charge in [0, 0.05) is 0 Å². The second kappa shape index (κ2) is 3.39. The van der Waals surface area contributed by atoms with Gasteiger partial charge in [0.1, 0.15) is 0 Å². The predicted octanol–water partition coefficient (Wildman–Crippen LogP) is 4.18. The van der Waals surface area contributed by atoms with Crippen LogP contribution < -0.4 is 0 Å². The highest BCUT2D eigenvalue weighted by Gasteiger charge is 2.06. The van der Waals surface area contributed by atoms with Crippen molar-refractivity contribution < 1.29 is 0 Å². The monoisotopic (exact) mass is 192 g/mol. The summed E-state index contributed by atoms with van der Waals surface area (Å²) < 4.78 is 0. The predicted molar refractivity (Wildman–Crippen MR) is 65.7 cm³/mol. The van der Waals surface area contributed by atoms with Gasteiger partial charge in [-0.15, -0.1) is 0 Å². The van der Waals surface area contributed by atoms with Crippen LogP contribution in [-0.2, 0) is 0 Å². The minimum Gasteiger partial charge on any atom is -0.0801 e. The minimum absolute atomic E-state index is 1.06. The normalized spacial score (nSPS) is 14.5. The van der Waals surface area contributed by atoms with Crippen LogP contribution in [0.3, 0.4) is 0 Å². The van der Waals surface area contributed by atoms with Crippen molar-refractivity contribution in [2.24, 2.45) is 0 Å². The highest BCUT2D eigenvalue weighted by Crippen LogP contribution is 2.29. The van der Waals surface area contributed by atoms with Gasteiger partial charge in [-0.3, -0.25) is 0 Å². The zero-order chi connectivity index (χ0) is 10.1. The van der Waals surface area contributed by atoms with Gasteiger partial charge in [-0.2, -0.15) is 0 Å². The molecule has 0 bridgehead atoms. The zero-order valence-electron chi connectivity index (χ0n) is 8.48. The molecule has 2 aromatic rings. The van der Waals surface area contributed by atoms with Crippen molar-refractivity contribution in [2.45, 2.75) is 6.42 Å². The Morgan fingerprint density at radius 2 is 1.73 bits per heavy atom. The van der Waals surface area contributed by atoms with Gasteiger partial charge in [0.15, 0.2) is 0 Å². The first-order chi connectivity index (χ1) is 7.45. The van der Waals surface area contributed by atoms with E-state index in [9.17, 15) is 0 Å². The molecule has 3 rings (SSSR count). The standard InChI is InChI=1S/C15H12/c1-2-7-12(6-1)15-11-5-9-13-8-3-4-10-14(13)15/h1-6,8-11H,7H2. The van der Waals surface area contributed by atoms with Crippen LogP contribution in [0.2, 0.25) is 0 Å². The van der Waals surface area contributed by atoms with E-state index < -0.39 is 0 Å². The van der Waals surface area contributed by atoms with E-state index in [1.165, 1.54) is 21.9 Å². The van der Waals surface area contributed by atoms with Crippen LogP contribution in [0.15, 0.2) is 60.7 Å². The Bertz CT molecular complexity index is 554. The highest BCUT2D eigenvalue weighted by molar-refractivity contribution is 5.94. The van der Waals surface area contributed by atoms with Crippen molar-refractivity contribution >= 4 is 16.3 Å². The van der Waals surface area contributed by atoms with Crippen LogP contribution in [-0.4, -0.2) is 0 Å². The molecule has 0 radical (unpaired) electrons. The maximum Gasteiger partial charge on any atom is -0.00882 e. The van der Waals surface area contributed by atoms with Crippen molar-refractivity contribution in [3.63, 3.8) is 0 Å². The molecule has 0 fully saturated rings. The van der Waals surface area contributed by atoms with E-state index in [2.05, 4.69) is 60.7 Å². The molecule has 0 heterocycles. The first kappa shape index (κ1) is 8.49. The molecule has 0 aromatic heterocycles.